The molecule has 0 aromatic heterocycles. The van der Waals surface area contributed by atoms with Gasteiger partial charge in [0.2, 0.25) is 6.36 Å². The summed E-state index contributed by atoms with van der Waals surface area (Å²) in [5, 5.41) is 9.76. The van der Waals surface area contributed by atoms with Crippen LogP contribution in [-0.4, -0.2) is 47.7 Å². The molecule has 0 unspecified atom stereocenters. The van der Waals surface area contributed by atoms with E-state index in [9.17, 15) is 9.50 Å². The van der Waals surface area contributed by atoms with Gasteiger partial charge in [0, 0.05) is 12.6 Å². The van der Waals surface area contributed by atoms with Gasteiger partial charge in [0.1, 0.15) is 0 Å². The van der Waals surface area contributed by atoms with Gasteiger partial charge in [0.25, 0.3) is 0 Å². The van der Waals surface area contributed by atoms with E-state index < -0.39 is 12.0 Å². The highest BCUT2D eigenvalue weighted by atomic mass is 19.1. The van der Waals surface area contributed by atoms with Gasteiger partial charge < -0.3 is 9.84 Å². The van der Waals surface area contributed by atoms with Gasteiger partial charge in [0.05, 0.1) is 18.8 Å². The van der Waals surface area contributed by atoms with Crippen LogP contribution in [0.15, 0.2) is 0 Å². The predicted octanol–water partition coefficient (Wildman–Crippen LogP) is 0.774. The third-order valence-corrected chi connectivity index (χ3v) is 2.23. The molecule has 3 nitrogen and oxygen atoms in total. The van der Waals surface area contributed by atoms with Gasteiger partial charge in [-0.3, -0.25) is 4.90 Å². The standard InChI is InChI=1S/C9H18FNO2/c1-7(2)11-4-8(10)13-6-9(3,12)5-11/h7-8,12H,4-6H2,1-3H3/t8-,9+/m0/s1. The van der Waals surface area contributed by atoms with Crippen molar-refractivity contribution < 1.29 is 14.2 Å². The summed E-state index contributed by atoms with van der Waals surface area (Å²) in [4.78, 5) is 1.89. The number of aliphatic hydroxyl groups is 1. The Morgan fingerprint density at radius 1 is 1.62 bits per heavy atom. The van der Waals surface area contributed by atoms with Gasteiger partial charge in [0.15, 0.2) is 0 Å². The van der Waals surface area contributed by atoms with Gasteiger partial charge >= 0.3 is 0 Å². The molecule has 0 amide bonds. The second-order valence-corrected chi connectivity index (χ2v) is 4.24. The van der Waals surface area contributed by atoms with Gasteiger partial charge in [-0.2, -0.15) is 0 Å². The Morgan fingerprint density at radius 3 is 2.77 bits per heavy atom. The van der Waals surface area contributed by atoms with E-state index in [1.54, 1.807) is 6.92 Å². The Morgan fingerprint density at radius 2 is 2.23 bits per heavy atom. The number of halogens is 1. The van der Waals surface area contributed by atoms with Crippen molar-refractivity contribution in [3.63, 3.8) is 0 Å². The first-order chi connectivity index (χ1) is 5.91. The molecule has 0 spiro atoms. The average Bonchev–Trinajstić information content (AvgIpc) is 2.11. The van der Waals surface area contributed by atoms with Crippen LogP contribution in [0, 0.1) is 0 Å². The molecule has 1 rings (SSSR count). The van der Waals surface area contributed by atoms with Crippen molar-refractivity contribution in [2.45, 2.75) is 38.8 Å². The summed E-state index contributed by atoms with van der Waals surface area (Å²) in [7, 11) is 0. The third-order valence-electron chi connectivity index (χ3n) is 2.23. The normalized spacial score (nSPS) is 37.8. The van der Waals surface area contributed by atoms with Crippen LogP contribution >= 0.6 is 0 Å². The van der Waals surface area contributed by atoms with Crippen molar-refractivity contribution in [2.24, 2.45) is 0 Å². The molecule has 4 heteroatoms. The van der Waals surface area contributed by atoms with Crippen molar-refractivity contribution in [3.8, 4) is 0 Å². The van der Waals surface area contributed by atoms with E-state index >= 15 is 0 Å². The minimum Gasteiger partial charge on any atom is -0.386 e. The van der Waals surface area contributed by atoms with Crippen LogP contribution in [-0.2, 0) is 4.74 Å². The largest absolute Gasteiger partial charge is 0.386 e. The molecule has 0 bridgehead atoms. The SMILES string of the molecule is CC(C)N1C[C@@H](F)OC[C@](C)(O)C1. The number of β-amino-alcohol motifs (C(OH)–C–C–N with tert-alkyl or cyclic N) is 1. The van der Waals surface area contributed by atoms with Gasteiger partial charge in [-0.25, -0.2) is 4.39 Å². The second kappa shape index (κ2) is 3.90. The van der Waals surface area contributed by atoms with Crippen LogP contribution < -0.4 is 0 Å². The van der Waals surface area contributed by atoms with Gasteiger partial charge in [-0.05, 0) is 20.8 Å². The lowest BCUT2D eigenvalue weighted by Crippen LogP contribution is -2.44. The van der Waals surface area contributed by atoms with Crippen molar-refractivity contribution in [1.82, 2.24) is 4.90 Å². The molecule has 78 valence electrons. The zero-order chi connectivity index (χ0) is 10.1. The maximum Gasteiger partial charge on any atom is 0.211 e. The molecule has 1 aliphatic rings. The van der Waals surface area contributed by atoms with Crippen molar-refractivity contribution in [3.05, 3.63) is 0 Å². The van der Waals surface area contributed by atoms with E-state index in [1.807, 2.05) is 18.7 Å². The van der Waals surface area contributed by atoms with E-state index in [0.717, 1.165) is 0 Å². The summed E-state index contributed by atoms with van der Waals surface area (Å²) in [6.07, 6.45) is -1.28. The van der Waals surface area contributed by atoms with Gasteiger partial charge in [-0.1, -0.05) is 0 Å². The van der Waals surface area contributed by atoms with E-state index in [0.29, 0.717) is 6.54 Å². The fourth-order valence-electron chi connectivity index (χ4n) is 1.45. The number of hydrogen-bond donors (Lipinski definition) is 1. The highest BCUT2D eigenvalue weighted by Crippen LogP contribution is 2.17. The fourth-order valence-corrected chi connectivity index (χ4v) is 1.45. The Hall–Kier alpha value is -0.190. The maximum absolute atomic E-state index is 13.0. The highest BCUT2D eigenvalue weighted by Gasteiger charge is 2.32. The number of nitrogens with zero attached hydrogens (tertiary/aromatic N) is 1. The predicted molar refractivity (Wildman–Crippen MR) is 48.2 cm³/mol. The summed E-state index contributed by atoms with van der Waals surface area (Å²) in [5.41, 5.74) is -0.939. The number of rotatable bonds is 1. The zero-order valence-electron chi connectivity index (χ0n) is 8.46. The Labute approximate surface area is 78.5 Å². The molecule has 13 heavy (non-hydrogen) atoms. The molecule has 2 atom stereocenters. The topological polar surface area (TPSA) is 32.7 Å². The van der Waals surface area contributed by atoms with Crippen molar-refractivity contribution >= 4 is 0 Å². The number of alkyl halides is 1. The van der Waals surface area contributed by atoms with E-state index in [2.05, 4.69) is 0 Å². The minimum absolute atomic E-state index is 0.0669. The van der Waals surface area contributed by atoms with Crippen molar-refractivity contribution in [2.75, 3.05) is 19.7 Å². The van der Waals surface area contributed by atoms with Crippen LogP contribution in [0.4, 0.5) is 4.39 Å². The Balaban J connectivity index is 2.63. The minimum atomic E-state index is -1.28. The summed E-state index contributed by atoms with van der Waals surface area (Å²) in [6, 6.07) is 0.228. The van der Waals surface area contributed by atoms with Crippen LogP contribution in [0.1, 0.15) is 20.8 Å². The summed E-state index contributed by atoms with van der Waals surface area (Å²) in [6.45, 7) is 6.40. The molecule has 1 fully saturated rings. The lowest BCUT2D eigenvalue weighted by atomic mass is 10.1. The van der Waals surface area contributed by atoms with E-state index in [4.69, 9.17) is 4.74 Å². The molecule has 1 saturated heterocycles. The first-order valence-electron chi connectivity index (χ1n) is 4.63. The Kier molecular flexibility index (Phi) is 3.27. The summed E-state index contributed by atoms with van der Waals surface area (Å²) >= 11 is 0. The third kappa shape index (κ3) is 3.21. The van der Waals surface area contributed by atoms with Crippen LogP contribution in [0.2, 0.25) is 0 Å². The molecule has 0 radical (unpaired) electrons. The monoisotopic (exact) mass is 191 g/mol. The van der Waals surface area contributed by atoms with Crippen LogP contribution in [0.5, 0.6) is 0 Å². The van der Waals surface area contributed by atoms with Crippen molar-refractivity contribution in [1.29, 1.82) is 0 Å². The smallest absolute Gasteiger partial charge is 0.211 e. The summed E-state index contributed by atoms with van der Waals surface area (Å²) in [5.74, 6) is 0. The number of hydrogen-bond acceptors (Lipinski definition) is 3. The lowest BCUT2D eigenvalue weighted by molar-refractivity contribution is -0.0831. The lowest BCUT2D eigenvalue weighted by Gasteiger charge is -2.29. The molecule has 0 saturated carbocycles. The molecule has 1 aliphatic heterocycles. The Bertz CT molecular complexity index is 173. The highest BCUT2D eigenvalue weighted by molar-refractivity contribution is 4.82. The second-order valence-electron chi connectivity index (χ2n) is 4.24. The molecule has 0 aromatic carbocycles. The molecular formula is C9H18FNO2. The van der Waals surface area contributed by atoms with E-state index in [1.165, 1.54) is 0 Å². The molecule has 0 aromatic rings. The maximum atomic E-state index is 13.0. The first-order valence-corrected chi connectivity index (χ1v) is 4.63. The summed E-state index contributed by atoms with van der Waals surface area (Å²) < 4.78 is 17.9. The first kappa shape index (κ1) is 10.9. The van der Waals surface area contributed by atoms with Crippen LogP contribution in [0.3, 0.4) is 0 Å². The molecule has 1 heterocycles. The van der Waals surface area contributed by atoms with Crippen LogP contribution in [0.25, 0.3) is 0 Å². The quantitative estimate of drug-likeness (QED) is 0.664. The number of ether oxygens (including phenoxy) is 1. The van der Waals surface area contributed by atoms with E-state index in [-0.39, 0.29) is 19.2 Å². The molecular weight excluding hydrogens is 173 g/mol. The molecule has 0 aliphatic carbocycles. The fraction of sp³-hybridized carbons (Fsp3) is 1.00. The molecule has 1 N–H and O–H groups in total. The average molecular weight is 191 g/mol. The zero-order valence-corrected chi connectivity index (χ0v) is 8.46. The van der Waals surface area contributed by atoms with Gasteiger partial charge in [-0.15, -0.1) is 0 Å².